The smallest absolute Gasteiger partial charge is 0.237 e. The van der Waals surface area contributed by atoms with E-state index in [2.05, 4.69) is 35.8 Å². The Morgan fingerprint density at radius 1 is 1.04 bits per heavy atom. The maximum atomic E-state index is 13.0. The summed E-state index contributed by atoms with van der Waals surface area (Å²) in [6.45, 7) is 7.11. The average molecular weight is 358 g/mol. The topological polar surface area (TPSA) is 42.0 Å². The van der Waals surface area contributed by atoms with Gasteiger partial charge in [-0.25, -0.2) is 0 Å². The van der Waals surface area contributed by atoms with E-state index in [0.717, 1.165) is 43.7 Å². The highest BCUT2D eigenvalue weighted by atomic mass is 16.6. The van der Waals surface area contributed by atoms with Crippen LogP contribution in [0.3, 0.4) is 0 Å². The van der Waals surface area contributed by atoms with E-state index in [1.807, 2.05) is 6.07 Å². The molecular formula is C21H30N2O3. The second kappa shape index (κ2) is 7.47. The number of piperidine rings is 1. The third-order valence-corrected chi connectivity index (χ3v) is 6.13. The average Bonchev–Trinajstić information content (AvgIpc) is 3.09. The molecule has 1 aromatic carbocycles. The zero-order valence-corrected chi connectivity index (χ0v) is 15.9. The zero-order valence-electron chi connectivity index (χ0n) is 15.9. The van der Waals surface area contributed by atoms with E-state index in [0.29, 0.717) is 37.9 Å². The Morgan fingerprint density at radius 3 is 2.54 bits per heavy atom. The van der Waals surface area contributed by atoms with Crippen molar-refractivity contribution >= 4 is 5.91 Å². The van der Waals surface area contributed by atoms with Crippen LogP contribution in [-0.4, -0.2) is 54.1 Å². The number of carbonyl (C=O) groups excluding carboxylic acids is 1. The molecule has 3 aliphatic heterocycles. The first-order valence-electron chi connectivity index (χ1n) is 10.1. The van der Waals surface area contributed by atoms with E-state index in [1.54, 1.807) is 0 Å². The van der Waals surface area contributed by atoms with Crippen LogP contribution >= 0.6 is 0 Å². The molecule has 3 unspecified atom stereocenters. The summed E-state index contributed by atoms with van der Waals surface area (Å²) in [6, 6.07) is 7.27. The van der Waals surface area contributed by atoms with Crippen LogP contribution in [0.15, 0.2) is 18.2 Å². The molecule has 3 aliphatic rings. The molecule has 2 fully saturated rings. The van der Waals surface area contributed by atoms with Crippen molar-refractivity contribution in [2.75, 3.05) is 26.3 Å². The molecule has 3 heterocycles. The lowest BCUT2D eigenvalue weighted by Gasteiger charge is -2.40. The van der Waals surface area contributed by atoms with Crippen molar-refractivity contribution in [2.45, 2.75) is 64.1 Å². The fourth-order valence-electron chi connectivity index (χ4n) is 4.83. The fourth-order valence-corrected chi connectivity index (χ4v) is 4.83. The molecule has 0 N–H and O–H groups in total. The Kier molecular flexibility index (Phi) is 5.07. The molecule has 0 aromatic heterocycles. The molecule has 0 bridgehead atoms. The van der Waals surface area contributed by atoms with E-state index in [9.17, 15) is 4.79 Å². The largest absolute Gasteiger partial charge is 0.486 e. The van der Waals surface area contributed by atoms with Crippen LogP contribution in [0, 0.1) is 0 Å². The van der Waals surface area contributed by atoms with Gasteiger partial charge in [-0.15, -0.1) is 0 Å². The van der Waals surface area contributed by atoms with Gasteiger partial charge in [-0.1, -0.05) is 6.07 Å². The standard InChI is InChI=1S/C21H30N2O3/c1-15-5-3-6-16(2)23(15)21(24)14-22-10-4-7-18(22)17-8-9-19-20(13-17)26-12-11-25-19/h8-9,13,15-16,18H,3-7,10-12,14H2,1-2H3. The number of rotatable bonds is 3. The number of benzene rings is 1. The zero-order chi connectivity index (χ0) is 18.1. The number of hydrogen-bond acceptors (Lipinski definition) is 4. The number of amides is 1. The monoisotopic (exact) mass is 358 g/mol. The van der Waals surface area contributed by atoms with E-state index >= 15 is 0 Å². The molecule has 0 spiro atoms. The summed E-state index contributed by atoms with van der Waals surface area (Å²) in [4.78, 5) is 17.5. The summed E-state index contributed by atoms with van der Waals surface area (Å²) in [5.41, 5.74) is 1.24. The quantitative estimate of drug-likeness (QED) is 0.831. The Balaban J connectivity index is 1.47. The lowest BCUT2D eigenvalue weighted by molar-refractivity contribution is -0.138. The van der Waals surface area contributed by atoms with Crippen molar-refractivity contribution < 1.29 is 14.3 Å². The predicted octanol–water partition coefficient (Wildman–Crippen LogP) is 3.38. The first-order valence-corrected chi connectivity index (χ1v) is 10.1. The number of ether oxygens (including phenoxy) is 2. The molecule has 0 radical (unpaired) electrons. The number of hydrogen-bond donors (Lipinski definition) is 0. The van der Waals surface area contributed by atoms with Gasteiger partial charge in [-0.3, -0.25) is 9.69 Å². The number of nitrogens with zero attached hydrogens (tertiary/aromatic N) is 2. The van der Waals surface area contributed by atoms with Gasteiger partial charge >= 0.3 is 0 Å². The van der Waals surface area contributed by atoms with Gasteiger partial charge in [0.1, 0.15) is 13.2 Å². The highest BCUT2D eigenvalue weighted by Gasteiger charge is 2.33. The summed E-state index contributed by atoms with van der Waals surface area (Å²) in [5.74, 6) is 1.95. The first-order chi connectivity index (χ1) is 12.6. The molecule has 1 aromatic rings. The number of likely N-dealkylation sites (tertiary alicyclic amines) is 2. The molecule has 142 valence electrons. The van der Waals surface area contributed by atoms with Crippen molar-refractivity contribution in [1.29, 1.82) is 0 Å². The number of fused-ring (bicyclic) bond motifs is 1. The third kappa shape index (κ3) is 3.41. The molecule has 3 atom stereocenters. The number of carbonyl (C=O) groups is 1. The maximum Gasteiger partial charge on any atom is 0.237 e. The van der Waals surface area contributed by atoms with Crippen LogP contribution < -0.4 is 9.47 Å². The van der Waals surface area contributed by atoms with Crippen LogP contribution in [-0.2, 0) is 4.79 Å². The van der Waals surface area contributed by atoms with Crippen LogP contribution in [0.5, 0.6) is 11.5 Å². The van der Waals surface area contributed by atoms with Gasteiger partial charge < -0.3 is 14.4 Å². The Labute approximate surface area is 156 Å². The molecule has 1 amide bonds. The van der Waals surface area contributed by atoms with Crippen molar-refractivity contribution in [2.24, 2.45) is 0 Å². The highest BCUT2D eigenvalue weighted by molar-refractivity contribution is 5.79. The van der Waals surface area contributed by atoms with E-state index in [1.165, 1.54) is 12.0 Å². The van der Waals surface area contributed by atoms with Gasteiger partial charge in [0, 0.05) is 18.1 Å². The minimum absolute atomic E-state index is 0.286. The summed E-state index contributed by atoms with van der Waals surface area (Å²) in [5, 5.41) is 0. The predicted molar refractivity (Wildman–Crippen MR) is 101 cm³/mol. The van der Waals surface area contributed by atoms with E-state index in [4.69, 9.17) is 9.47 Å². The lowest BCUT2D eigenvalue weighted by Crippen LogP contribution is -2.51. The van der Waals surface area contributed by atoms with Crippen molar-refractivity contribution in [3.05, 3.63) is 23.8 Å². The van der Waals surface area contributed by atoms with Gasteiger partial charge in [0.25, 0.3) is 0 Å². The van der Waals surface area contributed by atoms with Crippen molar-refractivity contribution in [1.82, 2.24) is 9.80 Å². The summed E-state index contributed by atoms with van der Waals surface area (Å²) < 4.78 is 11.4. The molecule has 4 rings (SSSR count). The minimum atomic E-state index is 0.286. The first kappa shape index (κ1) is 17.7. The van der Waals surface area contributed by atoms with Gasteiger partial charge in [-0.05, 0) is 70.2 Å². The van der Waals surface area contributed by atoms with Crippen molar-refractivity contribution in [3.8, 4) is 11.5 Å². The van der Waals surface area contributed by atoms with Gasteiger partial charge in [0.2, 0.25) is 5.91 Å². The molecule has 0 saturated carbocycles. The maximum absolute atomic E-state index is 13.0. The summed E-state index contributed by atoms with van der Waals surface area (Å²) in [6.07, 6.45) is 5.72. The SMILES string of the molecule is CC1CCCC(C)N1C(=O)CN1CCCC1c1ccc2c(c1)OCCO2. The molecule has 5 heteroatoms. The Hall–Kier alpha value is -1.75. The molecule has 5 nitrogen and oxygen atoms in total. The van der Waals surface area contributed by atoms with Gasteiger partial charge in [-0.2, -0.15) is 0 Å². The second-order valence-electron chi connectivity index (χ2n) is 7.96. The normalized spacial score (nSPS) is 29.0. The molecular weight excluding hydrogens is 328 g/mol. The van der Waals surface area contributed by atoms with Gasteiger partial charge in [0.05, 0.1) is 6.54 Å². The Morgan fingerprint density at radius 2 is 1.77 bits per heavy atom. The summed E-state index contributed by atoms with van der Waals surface area (Å²) in [7, 11) is 0. The fraction of sp³-hybridized carbons (Fsp3) is 0.667. The second-order valence-corrected chi connectivity index (χ2v) is 7.96. The summed E-state index contributed by atoms with van der Waals surface area (Å²) >= 11 is 0. The minimum Gasteiger partial charge on any atom is -0.486 e. The molecule has 2 saturated heterocycles. The van der Waals surface area contributed by atoms with E-state index < -0.39 is 0 Å². The van der Waals surface area contributed by atoms with E-state index in [-0.39, 0.29) is 5.91 Å². The van der Waals surface area contributed by atoms with Crippen LogP contribution in [0.25, 0.3) is 0 Å². The highest BCUT2D eigenvalue weighted by Crippen LogP contribution is 2.38. The third-order valence-electron chi connectivity index (χ3n) is 6.13. The lowest BCUT2D eigenvalue weighted by atomic mass is 9.97. The Bertz CT molecular complexity index is 653. The van der Waals surface area contributed by atoms with Crippen LogP contribution in [0.2, 0.25) is 0 Å². The van der Waals surface area contributed by atoms with Gasteiger partial charge in [0.15, 0.2) is 11.5 Å². The van der Waals surface area contributed by atoms with Crippen LogP contribution in [0.1, 0.15) is 57.6 Å². The molecule has 0 aliphatic carbocycles. The molecule has 26 heavy (non-hydrogen) atoms. The van der Waals surface area contributed by atoms with Crippen molar-refractivity contribution in [3.63, 3.8) is 0 Å². The van der Waals surface area contributed by atoms with Crippen LogP contribution in [0.4, 0.5) is 0 Å².